The Morgan fingerprint density at radius 1 is 1.15 bits per heavy atom. The van der Waals surface area contributed by atoms with Crippen molar-refractivity contribution in [3.05, 3.63) is 74.8 Å². The van der Waals surface area contributed by atoms with Crippen LogP contribution in [0.4, 0.5) is 5.69 Å². The molecule has 0 aromatic heterocycles. The average molecular weight is 377 g/mol. The van der Waals surface area contributed by atoms with E-state index in [1.165, 1.54) is 12.1 Å². The Balaban J connectivity index is 2.02. The van der Waals surface area contributed by atoms with Gasteiger partial charge >= 0.3 is 5.97 Å². The first-order valence-electron chi connectivity index (χ1n) is 7.82. The number of aliphatic carboxylic acids is 1. The van der Waals surface area contributed by atoms with Crippen LogP contribution in [0.1, 0.15) is 17.5 Å². The lowest BCUT2D eigenvalue weighted by Gasteiger charge is -2.17. The quantitative estimate of drug-likeness (QED) is 0.543. The molecule has 2 N–H and O–H groups in total. The molecule has 8 heteroatoms. The largest absolute Gasteiger partial charge is 0.481 e. The molecule has 0 bridgehead atoms. The summed E-state index contributed by atoms with van der Waals surface area (Å²) in [5.41, 5.74) is 1.37. The number of nitro benzene ring substituents is 1. The average Bonchev–Trinajstić information content (AvgIpc) is 2.54. The number of amides is 1. The van der Waals surface area contributed by atoms with Crippen molar-refractivity contribution in [2.45, 2.75) is 25.3 Å². The van der Waals surface area contributed by atoms with Gasteiger partial charge in [0.15, 0.2) is 0 Å². The second-order valence-electron chi connectivity index (χ2n) is 5.80. The lowest BCUT2D eigenvalue weighted by Crippen LogP contribution is -2.38. The molecule has 0 heterocycles. The zero-order chi connectivity index (χ0) is 19.1. The number of carboxylic acids is 1. The van der Waals surface area contributed by atoms with Crippen LogP contribution in [0.3, 0.4) is 0 Å². The molecule has 26 heavy (non-hydrogen) atoms. The van der Waals surface area contributed by atoms with Crippen LogP contribution in [0, 0.1) is 10.1 Å². The van der Waals surface area contributed by atoms with Crippen molar-refractivity contribution in [1.82, 2.24) is 5.32 Å². The molecule has 0 aliphatic heterocycles. The summed E-state index contributed by atoms with van der Waals surface area (Å²) in [5, 5.41) is 23.0. The number of nitrogens with one attached hydrogen (secondary N) is 1. The second-order valence-corrected chi connectivity index (χ2v) is 6.23. The molecule has 2 aromatic rings. The number of rotatable bonds is 8. The van der Waals surface area contributed by atoms with E-state index < -0.39 is 16.9 Å². The normalized spacial score (nSPS) is 11.6. The lowest BCUT2D eigenvalue weighted by molar-refractivity contribution is -0.384. The van der Waals surface area contributed by atoms with Gasteiger partial charge in [0, 0.05) is 23.2 Å². The van der Waals surface area contributed by atoms with Crippen LogP contribution in [0.5, 0.6) is 0 Å². The number of non-ortho nitro benzene ring substituents is 1. The molecule has 0 unspecified atom stereocenters. The molecule has 0 saturated carbocycles. The van der Waals surface area contributed by atoms with E-state index in [1.54, 1.807) is 36.4 Å². The van der Waals surface area contributed by atoms with Crippen LogP contribution in [-0.2, 0) is 22.4 Å². The lowest BCUT2D eigenvalue weighted by atomic mass is 10.0. The van der Waals surface area contributed by atoms with E-state index in [1.807, 2.05) is 0 Å². The highest BCUT2D eigenvalue weighted by Crippen LogP contribution is 2.15. The van der Waals surface area contributed by atoms with Crippen molar-refractivity contribution in [3.63, 3.8) is 0 Å². The third-order valence-electron chi connectivity index (χ3n) is 3.67. The van der Waals surface area contributed by atoms with Gasteiger partial charge in [0.25, 0.3) is 5.69 Å². The molecule has 0 spiro atoms. The zero-order valence-electron chi connectivity index (χ0n) is 13.7. The minimum atomic E-state index is -1.04. The van der Waals surface area contributed by atoms with Crippen LogP contribution in [0.15, 0.2) is 48.5 Å². The van der Waals surface area contributed by atoms with Gasteiger partial charge < -0.3 is 10.4 Å². The van der Waals surface area contributed by atoms with Crippen LogP contribution in [0.25, 0.3) is 0 Å². The standard InChI is InChI=1S/C18H17ClN2O5/c19-14-3-1-2-13(8-14)10-17(22)20-15(11-18(23)24)9-12-4-6-16(7-5-12)21(25)26/h1-8,15H,9-11H2,(H,20,22)(H,23,24)/t15-/m0/s1. The summed E-state index contributed by atoms with van der Waals surface area (Å²) in [6, 6.07) is 12.0. The van der Waals surface area contributed by atoms with Crippen molar-refractivity contribution in [1.29, 1.82) is 0 Å². The van der Waals surface area contributed by atoms with E-state index in [4.69, 9.17) is 16.7 Å². The Morgan fingerprint density at radius 2 is 1.85 bits per heavy atom. The second kappa shape index (κ2) is 8.96. The van der Waals surface area contributed by atoms with Gasteiger partial charge in [-0.15, -0.1) is 0 Å². The third kappa shape index (κ3) is 6.18. The van der Waals surface area contributed by atoms with Gasteiger partial charge in [-0.25, -0.2) is 0 Å². The van der Waals surface area contributed by atoms with Crippen LogP contribution < -0.4 is 5.32 Å². The number of carboxylic acid groups (broad SMARTS) is 1. The molecule has 1 atom stereocenters. The molecule has 0 radical (unpaired) electrons. The predicted octanol–water partition coefficient (Wildman–Crippen LogP) is 2.99. The first-order chi connectivity index (χ1) is 12.3. The van der Waals surface area contributed by atoms with Gasteiger partial charge in [0.2, 0.25) is 5.91 Å². The fourth-order valence-electron chi connectivity index (χ4n) is 2.53. The van der Waals surface area contributed by atoms with E-state index in [0.717, 1.165) is 5.56 Å². The molecule has 0 saturated heterocycles. The molecule has 1 amide bonds. The highest BCUT2D eigenvalue weighted by molar-refractivity contribution is 6.30. The van der Waals surface area contributed by atoms with Gasteiger partial charge in [0.05, 0.1) is 17.8 Å². The molecule has 0 aliphatic carbocycles. The van der Waals surface area contributed by atoms with Gasteiger partial charge in [-0.1, -0.05) is 35.9 Å². The predicted molar refractivity (Wildman–Crippen MR) is 96.1 cm³/mol. The zero-order valence-corrected chi connectivity index (χ0v) is 14.5. The van der Waals surface area contributed by atoms with Crippen molar-refractivity contribution in [3.8, 4) is 0 Å². The fraction of sp³-hybridized carbons (Fsp3) is 0.222. The Kier molecular flexibility index (Phi) is 6.68. The van der Waals surface area contributed by atoms with Crippen molar-refractivity contribution >= 4 is 29.2 Å². The summed E-state index contributed by atoms with van der Waals surface area (Å²) in [7, 11) is 0. The van der Waals surface area contributed by atoms with Gasteiger partial charge in [0.1, 0.15) is 0 Å². The monoisotopic (exact) mass is 376 g/mol. The topological polar surface area (TPSA) is 110 Å². The number of carbonyl (C=O) groups is 2. The van der Waals surface area contributed by atoms with E-state index in [9.17, 15) is 19.7 Å². The van der Waals surface area contributed by atoms with E-state index >= 15 is 0 Å². The van der Waals surface area contributed by atoms with Gasteiger partial charge in [-0.05, 0) is 29.7 Å². The molecule has 2 aromatic carbocycles. The molecule has 7 nitrogen and oxygen atoms in total. The number of nitro groups is 1. The summed E-state index contributed by atoms with van der Waals surface area (Å²) in [6.07, 6.45) is 0.0841. The summed E-state index contributed by atoms with van der Waals surface area (Å²) in [5.74, 6) is -1.36. The fourth-order valence-corrected chi connectivity index (χ4v) is 2.75. The van der Waals surface area contributed by atoms with E-state index in [2.05, 4.69) is 5.32 Å². The number of benzene rings is 2. The Bertz CT molecular complexity index is 807. The minimum Gasteiger partial charge on any atom is -0.481 e. The summed E-state index contributed by atoms with van der Waals surface area (Å²) < 4.78 is 0. The first-order valence-corrected chi connectivity index (χ1v) is 8.20. The molecular weight excluding hydrogens is 360 g/mol. The first kappa shape index (κ1) is 19.4. The maximum atomic E-state index is 12.2. The molecular formula is C18H17ClN2O5. The van der Waals surface area contributed by atoms with Crippen molar-refractivity contribution < 1.29 is 19.6 Å². The molecule has 0 aliphatic rings. The maximum absolute atomic E-state index is 12.2. The number of carbonyl (C=O) groups excluding carboxylic acids is 1. The minimum absolute atomic E-state index is 0.0477. The van der Waals surface area contributed by atoms with Crippen LogP contribution >= 0.6 is 11.6 Å². The summed E-state index contributed by atoms with van der Waals surface area (Å²) in [4.78, 5) is 33.5. The SMILES string of the molecule is O=C(O)C[C@H](Cc1ccc([N+](=O)[O-])cc1)NC(=O)Cc1cccc(Cl)c1. The third-order valence-corrected chi connectivity index (χ3v) is 3.90. The Morgan fingerprint density at radius 3 is 2.42 bits per heavy atom. The van der Waals surface area contributed by atoms with Crippen LogP contribution in [-0.4, -0.2) is 27.9 Å². The van der Waals surface area contributed by atoms with E-state index in [0.29, 0.717) is 10.6 Å². The summed E-state index contributed by atoms with van der Waals surface area (Å²) in [6.45, 7) is 0. The number of hydrogen-bond acceptors (Lipinski definition) is 4. The maximum Gasteiger partial charge on any atom is 0.305 e. The van der Waals surface area contributed by atoms with Gasteiger partial charge in [-0.2, -0.15) is 0 Å². The number of halogens is 1. The molecule has 2 rings (SSSR count). The molecule has 136 valence electrons. The highest BCUT2D eigenvalue weighted by atomic mass is 35.5. The van der Waals surface area contributed by atoms with Crippen molar-refractivity contribution in [2.75, 3.05) is 0 Å². The Hall–Kier alpha value is -2.93. The van der Waals surface area contributed by atoms with Crippen LogP contribution in [0.2, 0.25) is 5.02 Å². The van der Waals surface area contributed by atoms with Crippen molar-refractivity contribution in [2.24, 2.45) is 0 Å². The number of nitrogens with zero attached hydrogens (tertiary/aromatic N) is 1. The smallest absolute Gasteiger partial charge is 0.305 e. The summed E-state index contributed by atoms with van der Waals surface area (Å²) >= 11 is 5.89. The highest BCUT2D eigenvalue weighted by Gasteiger charge is 2.17. The Labute approximate surface area is 154 Å². The van der Waals surface area contributed by atoms with Gasteiger partial charge in [-0.3, -0.25) is 19.7 Å². The molecule has 0 fully saturated rings. The number of hydrogen-bond donors (Lipinski definition) is 2. The van der Waals surface area contributed by atoms with E-state index in [-0.39, 0.29) is 30.9 Å².